The molecule has 0 aliphatic carbocycles. The molecule has 1 atom stereocenters. The fourth-order valence-corrected chi connectivity index (χ4v) is 2.85. The maximum Gasteiger partial charge on any atom is 0.274 e. The van der Waals surface area contributed by atoms with Gasteiger partial charge in [-0.25, -0.2) is 13.5 Å². The van der Waals surface area contributed by atoms with Crippen LogP contribution in [0.5, 0.6) is 0 Å². The van der Waals surface area contributed by atoms with Gasteiger partial charge in [-0.1, -0.05) is 24.3 Å². The van der Waals surface area contributed by atoms with E-state index in [9.17, 15) is 18.4 Å². The van der Waals surface area contributed by atoms with Gasteiger partial charge in [0, 0.05) is 5.39 Å². The van der Waals surface area contributed by atoms with Crippen LogP contribution in [0.25, 0.3) is 10.8 Å². The molecule has 0 spiro atoms. The van der Waals surface area contributed by atoms with Crippen molar-refractivity contribution in [3.8, 4) is 0 Å². The van der Waals surface area contributed by atoms with Crippen molar-refractivity contribution in [1.29, 1.82) is 0 Å². The lowest BCUT2D eigenvalue weighted by Gasteiger charge is -2.17. The number of benzene rings is 2. The number of rotatable bonds is 4. The Morgan fingerprint density at radius 1 is 1.04 bits per heavy atom. The average molecular weight is 371 g/mol. The molecule has 1 amide bonds. The summed E-state index contributed by atoms with van der Waals surface area (Å²) in [6.45, 7) is 5.26. The molecule has 2 aromatic carbocycles. The average Bonchev–Trinajstić information content (AvgIpc) is 2.64. The Balaban J connectivity index is 2.01. The van der Waals surface area contributed by atoms with Gasteiger partial charge in [0.2, 0.25) is 0 Å². The Morgan fingerprint density at radius 2 is 1.70 bits per heavy atom. The maximum absolute atomic E-state index is 13.5. The first kappa shape index (κ1) is 18.7. The van der Waals surface area contributed by atoms with E-state index in [2.05, 4.69) is 10.4 Å². The third-order valence-corrected chi connectivity index (χ3v) is 4.32. The highest BCUT2D eigenvalue weighted by Crippen LogP contribution is 2.19. The third-order valence-electron chi connectivity index (χ3n) is 4.32. The number of fused-ring (bicyclic) bond motifs is 1. The summed E-state index contributed by atoms with van der Waals surface area (Å²) in [5.74, 6) is -2.43. The quantitative estimate of drug-likeness (QED) is 0.760. The first-order valence-electron chi connectivity index (χ1n) is 8.57. The van der Waals surface area contributed by atoms with Crippen molar-refractivity contribution in [2.45, 2.75) is 32.9 Å². The lowest BCUT2D eigenvalue weighted by molar-refractivity contribution is 0.0934. The van der Waals surface area contributed by atoms with Gasteiger partial charge in [0.25, 0.3) is 11.5 Å². The van der Waals surface area contributed by atoms with Crippen molar-refractivity contribution >= 4 is 16.7 Å². The van der Waals surface area contributed by atoms with Crippen LogP contribution in [0.2, 0.25) is 0 Å². The van der Waals surface area contributed by atoms with Crippen LogP contribution in [0.1, 0.15) is 48.9 Å². The second-order valence-corrected chi connectivity index (χ2v) is 6.61. The Bertz CT molecular complexity index is 1080. The molecule has 140 valence electrons. The van der Waals surface area contributed by atoms with E-state index in [0.717, 1.165) is 12.1 Å². The molecule has 0 bridgehead atoms. The van der Waals surface area contributed by atoms with Crippen LogP contribution in [-0.4, -0.2) is 15.7 Å². The van der Waals surface area contributed by atoms with Gasteiger partial charge < -0.3 is 5.32 Å². The Hall–Kier alpha value is -3.09. The van der Waals surface area contributed by atoms with Crippen LogP contribution >= 0.6 is 0 Å². The Kier molecular flexibility index (Phi) is 5.03. The van der Waals surface area contributed by atoms with E-state index < -0.39 is 23.6 Å². The molecule has 1 heterocycles. The molecule has 0 fully saturated rings. The summed E-state index contributed by atoms with van der Waals surface area (Å²) in [7, 11) is 0. The maximum atomic E-state index is 13.5. The number of hydrogen-bond acceptors (Lipinski definition) is 3. The predicted octanol–water partition coefficient (Wildman–Crippen LogP) is 3.75. The van der Waals surface area contributed by atoms with Gasteiger partial charge in [-0.05, 0) is 44.5 Å². The van der Waals surface area contributed by atoms with Crippen molar-refractivity contribution < 1.29 is 13.6 Å². The normalized spacial score (nSPS) is 12.4. The summed E-state index contributed by atoms with van der Waals surface area (Å²) < 4.78 is 27.8. The smallest absolute Gasteiger partial charge is 0.274 e. The van der Waals surface area contributed by atoms with E-state index in [1.54, 1.807) is 45.0 Å². The molecular formula is C20H19F2N3O2. The molecule has 27 heavy (non-hydrogen) atoms. The highest BCUT2D eigenvalue weighted by molar-refractivity contribution is 6.04. The van der Waals surface area contributed by atoms with E-state index in [0.29, 0.717) is 16.3 Å². The number of amides is 1. The summed E-state index contributed by atoms with van der Waals surface area (Å²) in [5.41, 5.74) is 0.253. The summed E-state index contributed by atoms with van der Waals surface area (Å²) in [5, 5.41) is 7.80. The van der Waals surface area contributed by atoms with E-state index in [-0.39, 0.29) is 17.3 Å². The molecule has 1 N–H and O–H groups in total. The summed E-state index contributed by atoms with van der Waals surface area (Å²) in [6, 6.07) is 9.41. The van der Waals surface area contributed by atoms with Gasteiger partial charge >= 0.3 is 0 Å². The largest absolute Gasteiger partial charge is 0.344 e. The number of aromatic nitrogens is 2. The minimum atomic E-state index is -0.981. The summed E-state index contributed by atoms with van der Waals surface area (Å²) >= 11 is 0. The van der Waals surface area contributed by atoms with Crippen LogP contribution in [0.15, 0.2) is 47.3 Å². The molecule has 0 saturated heterocycles. The minimum Gasteiger partial charge on any atom is -0.344 e. The molecule has 0 aliphatic heterocycles. The van der Waals surface area contributed by atoms with Crippen LogP contribution in [-0.2, 0) is 0 Å². The van der Waals surface area contributed by atoms with Crippen molar-refractivity contribution in [3.63, 3.8) is 0 Å². The lowest BCUT2D eigenvalue weighted by atomic mass is 10.1. The zero-order chi connectivity index (χ0) is 19.7. The number of carbonyl (C=O) groups is 1. The van der Waals surface area contributed by atoms with E-state index in [4.69, 9.17) is 0 Å². The van der Waals surface area contributed by atoms with E-state index >= 15 is 0 Å². The molecular weight excluding hydrogens is 352 g/mol. The molecule has 0 saturated carbocycles. The van der Waals surface area contributed by atoms with Crippen LogP contribution in [0.4, 0.5) is 8.78 Å². The first-order chi connectivity index (χ1) is 12.8. The minimum absolute atomic E-state index is 0.105. The molecule has 1 aromatic heterocycles. The summed E-state index contributed by atoms with van der Waals surface area (Å²) in [6.07, 6.45) is 0. The molecule has 1 unspecified atom stereocenters. The number of halogens is 2. The van der Waals surface area contributed by atoms with Gasteiger partial charge in [-0.15, -0.1) is 0 Å². The topological polar surface area (TPSA) is 64.0 Å². The van der Waals surface area contributed by atoms with E-state index in [1.165, 1.54) is 10.7 Å². The fraction of sp³-hybridized carbons (Fsp3) is 0.250. The van der Waals surface area contributed by atoms with Crippen molar-refractivity contribution in [3.05, 3.63) is 75.7 Å². The van der Waals surface area contributed by atoms with Gasteiger partial charge in [-0.2, -0.15) is 5.10 Å². The zero-order valence-electron chi connectivity index (χ0n) is 15.2. The van der Waals surface area contributed by atoms with Crippen molar-refractivity contribution in [1.82, 2.24) is 15.1 Å². The number of carbonyl (C=O) groups excluding carboxylic acids is 1. The number of nitrogens with zero attached hydrogens (tertiary/aromatic N) is 2. The monoisotopic (exact) mass is 371 g/mol. The third kappa shape index (κ3) is 3.58. The molecule has 5 nitrogen and oxygen atoms in total. The Morgan fingerprint density at radius 3 is 2.33 bits per heavy atom. The van der Waals surface area contributed by atoms with Gasteiger partial charge in [-0.3, -0.25) is 9.59 Å². The standard InChI is InChI=1S/C20H19F2N3O2/c1-11(2)25-20(27)15-7-5-4-6-14(15)18(24-25)19(26)23-12(3)13-8-9-16(21)17(22)10-13/h4-12H,1-3H3,(H,23,26). The van der Waals surface area contributed by atoms with E-state index in [1.807, 2.05) is 0 Å². The molecule has 3 aromatic rings. The molecule has 0 radical (unpaired) electrons. The van der Waals surface area contributed by atoms with Crippen LogP contribution < -0.4 is 10.9 Å². The van der Waals surface area contributed by atoms with Crippen molar-refractivity contribution in [2.24, 2.45) is 0 Å². The van der Waals surface area contributed by atoms with Crippen molar-refractivity contribution in [2.75, 3.05) is 0 Å². The molecule has 7 heteroatoms. The predicted molar refractivity (Wildman–Crippen MR) is 98.6 cm³/mol. The number of nitrogens with one attached hydrogen (secondary N) is 1. The molecule has 0 aliphatic rings. The lowest BCUT2D eigenvalue weighted by Crippen LogP contribution is -2.32. The highest BCUT2D eigenvalue weighted by Gasteiger charge is 2.20. The fourth-order valence-electron chi connectivity index (χ4n) is 2.85. The first-order valence-corrected chi connectivity index (χ1v) is 8.57. The number of hydrogen-bond donors (Lipinski definition) is 1. The van der Waals surface area contributed by atoms with Gasteiger partial charge in [0.1, 0.15) is 0 Å². The second-order valence-electron chi connectivity index (χ2n) is 6.61. The Labute approximate surface area is 154 Å². The summed E-state index contributed by atoms with van der Waals surface area (Å²) in [4.78, 5) is 25.4. The van der Waals surface area contributed by atoms with Gasteiger partial charge in [0.05, 0.1) is 17.5 Å². The van der Waals surface area contributed by atoms with Crippen LogP contribution in [0, 0.1) is 11.6 Å². The highest BCUT2D eigenvalue weighted by atomic mass is 19.2. The second kappa shape index (κ2) is 7.26. The molecule has 3 rings (SSSR count). The van der Waals surface area contributed by atoms with Crippen LogP contribution in [0.3, 0.4) is 0 Å². The zero-order valence-corrected chi connectivity index (χ0v) is 15.2. The van der Waals surface area contributed by atoms with Gasteiger partial charge in [0.15, 0.2) is 17.3 Å². The SMILES string of the molecule is CC(NC(=O)c1nn(C(C)C)c(=O)c2ccccc12)c1ccc(F)c(F)c1.